The lowest BCUT2D eigenvalue weighted by Crippen LogP contribution is -2.24. The molecule has 1 aromatic heterocycles. The van der Waals surface area contributed by atoms with E-state index in [1.807, 2.05) is 24.4 Å². The Morgan fingerprint density at radius 2 is 2.35 bits per heavy atom. The Labute approximate surface area is 119 Å². The first-order valence-corrected chi connectivity index (χ1v) is 7.28. The van der Waals surface area contributed by atoms with Crippen LogP contribution in [0.4, 0.5) is 0 Å². The topological polar surface area (TPSA) is 39.1 Å². The molecule has 1 N–H and O–H groups in total. The summed E-state index contributed by atoms with van der Waals surface area (Å²) >= 11 is 0. The summed E-state index contributed by atoms with van der Waals surface area (Å²) in [6.07, 6.45) is 5.51. The van der Waals surface area contributed by atoms with Crippen molar-refractivity contribution in [2.75, 3.05) is 13.7 Å². The summed E-state index contributed by atoms with van der Waals surface area (Å²) in [7, 11) is 1.69. The standard InChI is InChI=1S/C16H21N3O/c1-3-17-15-8-5-9-16-14(15)11-18-19(16)12-6-4-7-13(10-12)20-2/h4,6-7,10-11,15,17H,3,5,8-9H2,1-2H3. The summed E-state index contributed by atoms with van der Waals surface area (Å²) in [5.74, 6) is 0.866. The van der Waals surface area contributed by atoms with Crippen molar-refractivity contribution >= 4 is 0 Å². The second-order valence-electron chi connectivity index (χ2n) is 5.16. The third kappa shape index (κ3) is 2.31. The Morgan fingerprint density at radius 3 is 3.15 bits per heavy atom. The van der Waals surface area contributed by atoms with Gasteiger partial charge in [-0.25, -0.2) is 4.68 Å². The van der Waals surface area contributed by atoms with Crippen LogP contribution in [0.2, 0.25) is 0 Å². The maximum atomic E-state index is 5.30. The van der Waals surface area contributed by atoms with Crippen molar-refractivity contribution < 1.29 is 4.74 Å². The van der Waals surface area contributed by atoms with Gasteiger partial charge in [-0.05, 0) is 37.9 Å². The van der Waals surface area contributed by atoms with E-state index in [0.717, 1.165) is 24.4 Å². The van der Waals surface area contributed by atoms with Crippen LogP contribution in [0.15, 0.2) is 30.5 Å². The van der Waals surface area contributed by atoms with Crippen LogP contribution < -0.4 is 10.1 Å². The Kier molecular flexibility index (Phi) is 3.74. The average molecular weight is 271 g/mol. The number of rotatable bonds is 4. The molecule has 0 aliphatic heterocycles. The Balaban J connectivity index is 1.99. The van der Waals surface area contributed by atoms with Gasteiger partial charge in [0.25, 0.3) is 0 Å². The van der Waals surface area contributed by atoms with Gasteiger partial charge >= 0.3 is 0 Å². The zero-order valence-electron chi connectivity index (χ0n) is 12.1. The van der Waals surface area contributed by atoms with Crippen molar-refractivity contribution in [3.05, 3.63) is 41.7 Å². The summed E-state index contributed by atoms with van der Waals surface area (Å²) in [5.41, 5.74) is 3.75. The monoisotopic (exact) mass is 271 g/mol. The van der Waals surface area contributed by atoms with Crippen LogP contribution in [0.25, 0.3) is 5.69 Å². The van der Waals surface area contributed by atoms with Gasteiger partial charge in [-0.2, -0.15) is 5.10 Å². The van der Waals surface area contributed by atoms with Gasteiger partial charge in [0.15, 0.2) is 0 Å². The summed E-state index contributed by atoms with van der Waals surface area (Å²) in [5, 5.41) is 8.15. The van der Waals surface area contributed by atoms with E-state index in [1.165, 1.54) is 24.1 Å². The summed E-state index contributed by atoms with van der Waals surface area (Å²) in [6, 6.07) is 8.52. The lowest BCUT2D eigenvalue weighted by molar-refractivity contribution is 0.414. The largest absolute Gasteiger partial charge is 0.497 e. The smallest absolute Gasteiger partial charge is 0.121 e. The predicted molar refractivity (Wildman–Crippen MR) is 79.5 cm³/mol. The molecule has 1 unspecified atom stereocenters. The molecule has 0 fully saturated rings. The molecular weight excluding hydrogens is 250 g/mol. The molecule has 1 heterocycles. The normalized spacial score (nSPS) is 17.8. The number of nitrogens with zero attached hydrogens (tertiary/aromatic N) is 2. The van der Waals surface area contributed by atoms with Crippen LogP contribution in [0.3, 0.4) is 0 Å². The minimum absolute atomic E-state index is 0.447. The van der Waals surface area contributed by atoms with E-state index in [2.05, 4.69) is 28.1 Å². The number of benzene rings is 1. The van der Waals surface area contributed by atoms with Crippen LogP contribution in [-0.2, 0) is 6.42 Å². The van der Waals surface area contributed by atoms with Gasteiger partial charge in [0, 0.05) is 23.4 Å². The second kappa shape index (κ2) is 5.67. The van der Waals surface area contributed by atoms with Crippen molar-refractivity contribution in [3.63, 3.8) is 0 Å². The Bertz CT molecular complexity index is 591. The van der Waals surface area contributed by atoms with Crippen molar-refractivity contribution in [1.82, 2.24) is 15.1 Å². The quantitative estimate of drug-likeness (QED) is 0.929. The number of aromatic nitrogens is 2. The van der Waals surface area contributed by atoms with E-state index >= 15 is 0 Å². The minimum Gasteiger partial charge on any atom is -0.497 e. The molecule has 1 aromatic carbocycles. The molecular formula is C16H21N3O. The zero-order valence-corrected chi connectivity index (χ0v) is 12.1. The molecule has 3 rings (SSSR count). The molecule has 0 saturated carbocycles. The summed E-state index contributed by atoms with van der Waals surface area (Å²) in [6.45, 7) is 3.15. The van der Waals surface area contributed by atoms with E-state index in [1.54, 1.807) is 7.11 Å². The molecule has 1 aliphatic carbocycles. The number of ether oxygens (including phenoxy) is 1. The molecule has 0 spiro atoms. The van der Waals surface area contributed by atoms with Crippen LogP contribution in [-0.4, -0.2) is 23.4 Å². The molecule has 0 bridgehead atoms. The van der Waals surface area contributed by atoms with Crippen LogP contribution in [0, 0.1) is 0 Å². The highest BCUT2D eigenvalue weighted by Crippen LogP contribution is 2.31. The fraction of sp³-hybridized carbons (Fsp3) is 0.438. The highest BCUT2D eigenvalue weighted by atomic mass is 16.5. The molecule has 1 atom stereocenters. The lowest BCUT2D eigenvalue weighted by atomic mass is 9.93. The maximum absolute atomic E-state index is 5.30. The van der Waals surface area contributed by atoms with Gasteiger partial charge in [0.2, 0.25) is 0 Å². The van der Waals surface area contributed by atoms with Gasteiger partial charge in [0.1, 0.15) is 5.75 Å². The highest BCUT2D eigenvalue weighted by Gasteiger charge is 2.23. The molecule has 0 amide bonds. The van der Waals surface area contributed by atoms with E-state index in [4.69, 9.17) is 4.74 Å². The van der Waals surface area contributed by atoms with Crippen molar-refractivity contribution in [1.29, 1.82) is 0 Å². The SMILES string of the molecule is CCNC1CCCc2c1cnn2-c1cccc(OC)c1. The van der Waals surface area contributed by atoms with Gasteiger partial charge < -0.3 is 10.1 Å². The van der Waals surface area contributed by atoms with Crippen LogP contribution in [0.1, 0.15) is 37.1 Å². The van der Waals surface area contributed by atoms with Crippen molar-refractivity contribution in [3.8, 4) is 11.4 Å². The fourth-order valence-corrected chi connectivity index (χ4v) is 2.98. The van der Waals surface area contributed by atoms with Crippen molar-refractivity contribution in [2.24, 2.45) is 0 Å². The van der Waals surface area contributed by atoms with E-state index in [9.17, 15) is 0 Å². The van der Waals surface area contributed by atoms with Gasteiger partial charge in [0.05, 0.1) is 19.0 Å². The van der Waals surface area contributed by atoms with E-state index < -0.39 is 0 Å². The third-order valence-corrected chi connectivity index (χ3v) is 3.93. The third-order valence-electron chi connectivity index (χ3n) is 3.93. The molecule has 2 aromatic rings. The number of fused-ring (bicyclic) bond motifs is 1. The summed E-state index contributed by atoms with van der Waals surface area (Å²) < 4.78 is 7.36. The first kappa shape index (κ1) is 13.2. The Morgan fingerprint density at radius 1 is 1.45 bits per heavy atom. The molecule has 4 heteroatoms. The Hall–Kier alpha value is -1.81. The fourth-order valence-electron chi connectivity index (χ4n) is 2.98. The maximum Gasteiger partial charge on any atom is 0.121 e. The van der Waals surface area contributed by atoms with E-state index in [0.29, 0.717) is 6.04 Å². The van der Waals surface area contributed by atoms with Gasteiger partial charge in [-0.1, -0.05) is 13.0 Å². The molecule has 106 valence electrons. The molecule has 4 nitrogen and oxygen atoms in total. The van der Waals surface area contributed by atoms with Crippen molar-refractivity contribution in [2.45, 2.75) is 32.2 Å². The van der Waals surface area contributed by atoms with Crippen LogP contribution >= 0.6 is 0 Å². The van der Waals surface area contributed by atoms with Crippen LogP contribution in [0.5, 0.6) is 5.75 Å². The van der Waals surface area contributed by atoms with Gasteiger partial charge in [-0.3, -0.25) is 0 Å². The average Bonchev–Trinajstić information content (AvgIpc) is 2.93. The lowest BCUT2D eigenvalue weighted by Gasteiger charge is -2.23. The number of methoxy groups -OCH3 is 1. The first-order chi connectivity index (χ1) is 9.83. The molecule has 1 aliphatic rings. The molecule has 20 heavy (non-hydrogen) atoms. The minimum atomic E-state index is 0.447. The number of hydrogen-bond acceptors (Lipinski definition) is 3. The van der Waals surface area contributed by atoms with E-state index in [-0.39, 0.29) is 0 Å². The number of nitrogens with one attached hydrogen (secondary N) is 1. The molecule has 0 saturated heterocycles. The summed E-state index contributed by atoms with van der Waals surface area (Å²) in [4.78, 5) is 0. The number of hydrogen-bond donors (Lipinski definition) is 1. The first-order valence-electron chi connectivity index (χ1n) is 7.28. The zero-order chi connectivity index (χ0) is 13.9. The predicted octanol–water partition coefficient (Wildman–Crippen LogP) is 2.87. The molecule has 0 radical (unpaired) electrons. The second-order valence-corrected chi connectivity index (χ2v) is 5.16. The highest BCUT2D eigenvalue weighted by molar-refractivity contribution is 5.42. The van der Waals surface area contributed by atoms with Gasteiger partial charge in [-0.15, -0.1) is 0 Å².